The van der Waals surface area contributed by atoms with Crippen LogP contribution in [0.5, 0.6) is 0 Å². The molecule has 0 amide bonds. The van der Waals surface area contributed by atoms with Gasteiger partial charge in [-0.3, -0.25) is 0 Å². The highest BCUT2D eigenvalue weighted by molar-refractivity contribution is 14.1. The maximum absolute atomic E-state index is 6.13. The van der Waals surface area contributed by atoms with Crippen LogP contribution in [0.4, 0.5) is 0 Å². The van der Waals surface area contributed by atoms with E-state index in [0.717, 1.165) is 24.4 Å². The first-order valence-electron chi connectivity index (χ1n) is 11.5. The Morgan fingerprint density at radius 3 is 2.08 bits per heavy atom. The Kier molecular flexibility index (Phi) is 12.4. The van der Waals surface area contributed by atoms with Gasteiger partial charge in [0.2, 0.25) is 0 Å². The molecular weight excluding hydrogens is 435 g/mol. The number of ether oxygens (including phenoxy) is 1. The van der Waals surface area contributed by atoms with Gasteiger partial charge in [0.05, 0.1) is 13.1 Å². The standard InChI is InChI=1S/C22H43IOSi/c1-2-3-4-5-6-8-19-9-11-20(12-10-19)21-13-15-22(16-14-21)24-17-7-18-25-23/h19-22H,2-18,25H2,1H3/t19-,20-,21-,22-. The molecule has 2 rings (SSSR count). The minimum atomic E-state index is 0.219. The summed E-state index contributed by atoms with van der Waals surface area (Å²) < 4.78 is 6.13. The van der Waals surface area contributed by atoms with Crippen molar-refractivity contribution >= 4 is 28.8 Å². The predicted molar refractivity (Wildman–Crippen MR) is 123 cm³/mol. The first kappa shape index (κ1) is 22.2. The van der Waals surface area contributed by atoms with Crippen LogP contribution >= 0.6 is 21.8 Å². The largest absolute Gasteiger partial charge is 0.378 e. The number of unbranched alkanes of at least 4 members (excludes halogenated alkanes) is 4. The zero-order chi connectivity index (χ0) is 17.7. The average Bonchev–Trinajstić information content (AvgIpc) is 2.66. The minimum absolute atomic E-state index is 0.219. The lowest BCUT2D eigenvalue weighted by Crippen LogP contribution is -2.28. The zero-order valence-corrected chi connectivity index (χ0v) is 20.4. The molecule has 0 unspecified atom stereocenters. The van der Waals surface area contributed by atoms with Crippen molar-refractivity contribution < 1.29 is 4.74 Å². The molecule has 0 aliphatic heterocycles. The summed E-state index contributed by atoms with van der Waals surface area (Å²) >= 11 is 2.61. The second-order valence-electron chi connectivity index (χ2n) is 8.79. The van der Waals surface area contributed by atoms with Crippen LogP contribution in [-0.4, -0.2) is 19.7 Å². The number of hydrogen-bond donors (Lipinski definition) is 0. The molecule has 25 heavy (non-hydrogen) atoms. The molecule has 0 radical (unpaired) electrons. The van der Waals surface area contributed by atoms with E-state index < -0.39 is 0 Å². The van der Waals surface area contributed by atoms with Crippen LogP contribution in [0.3, 0.4) is 0 Å². The van der Waals surface area contributed by atoms with Gasteiger partial charge in [0.25, 0.3) is 0 Å². The van der Waals surface area contributed by atoms with Crippen molar-refractivity contribution in [1.82, 2.24) is 0 Å². The summed E-state index contributed by atoms with van der Waals surface area (Å²) in [5.41, 5.74) is 0. The van der Waals surface area contributed by atoms with E-state index >= 15 is 0 Å². The summed E-state index contributed by atoms with van der Waals surface area (Å²) in [4.78, 5) is 0. The van der Waals surface area contributed by atoms with Gasteiger partial charge >= 0.3 is 0 Å². The van der Waals surface area contributed by atoms with Gasteiger partial charge in [-0.1, -0.05) is 64.3 Å². The molecule has 0 aromatic carbocycles. The van der Waals surface area contributed by atoms with E-state index in [2.05, 4.69) is 28.7 Å². The molecule has 2 aliphatic rings. The summed E-state index contributed by atoms with van der Waals surface area (Å²) in [5, 5.41) is 0. The van der Waals surface area contributed by atoms with Crippen molar-refractivity contribution in [2.45, 2.75) is 115 Å². The molecule has 0 saturated heterocycles. The fourth-order valence-electron chi connectivity index (χ4n) is 5.16. The van der Waals surface area contributed by atoms with Gasteiger partial charge < -0.3 is 4.74 Å². The highest BCUT2D eigenvalue weighted by Crippen LogP contribution is 2.41. The van der Waals surface area contributed by atoms with E-state index in [1.54, 1.807) is 0 Å². The normalized spacial score (nSPS) is 31.0. The summed E-state index contributed by atoms with van der Waals surface area (Å²) in [5.74, 6) is 3.16. The van der Waals surface area contributed by atoms with Crippen molar-refractivity contribution in [1.29, 1.82) is 0 Å². The van der Waals surface area contributed by atoms with E-state index in [1.165, 1.54) is 102 Å². The van der Waals surface area contributed by atoms with Crippen LogP contribution in [0.2, 0.25) is 6.04 Å². The van der Waals surface area contributed by atoms with Gasteiger partial charge in [-0.05, 0) is 62.7 Å². The van der Waals surface area contributed by atoms with E-state index in [4.69, 9.17) is 4.74 Å². The summed E-state index contributed by atoms with van der Waals surface area (Å²) in [6.07, 6.45) is 22.5. The third-order valence-electron chi connectivity index (χ3n) is 6.87. The van der Waals surface area contributed by atoms with Crippen LogP contribution in [0.15, 0.2) is 0 Å². The van der Waals surface area contributed by atoms with E-state index in [1.807, 2.05) is 0 Å². The highest BCUT2D eigenvalue weighted by atomic mass is 127. The molecule has 0 aromatic rings. The molecule has 2 saturated carbocycles. The highest BCUT2D eigenvalue weighted by Gasteiger charge is 2.30. The van der Waals surface area contributed by atoms with Crippen LogP contribution in [0.25, 0.3) is 0 Å². The van der Waals surface area contributed by atoms with Crippen molar-refractivity contribution in [3.8, 4) is 0 Å². The molecule has 3 heteroatoms. The van der Waals surface area contributed by atoms with Crippen molar-refractivity contribution in [3.63, 3.8) is 0 Å². The molecule has 0 N–H and O–H groups in total. The molecule has 148 valence electrons. The van der Waals surface area contributed by atoms with Crippen LogP contribution in [-0.2, 0) is 4.74 Å². The van der Waals surface area contributed by atoms with Gasteiger partial charge in [0.15, 0.2) is 0 Å². The Labute approximate surface area is 172 Å². The molecule has 0 heterocycles. The smallest absolute Gasteiger partial charge is 0.0938 e. The molecule has 1 nitrogen and oxygen atoms in total. The second kappa shape index (κ2) is 14.0. The van der Waals surface area contributed by atoms with Crippen molar-refractivity contribution in [2.24, 2.45) is 17.8 Å². The van der Waals surface area contributed by atoms with Gasteiger partial charge in [-0.2, -0.15) is 0 Å². The van der Waals surface area contributed by atoms with Gasteiger partial charge in [0, 0.05) is 6.61 Å². The second-order valence-corrected chi connectivity index (χ2v) is 13.1. The topological polar surface area (TPSA) is 9.23 Å². The maximum Gasteiger partial charge on any atom is 0.0938 e. The number of hydrogen-bond acceptors (Lipinski definition) is 1. The molecule has 0 spiro atoms. The number of rotatable bonds is 12. The fourth-order valence-corrected chi connectivity index (χ4v) is 7.17. The summed E-state index contributed by atoms with van der Waals surface area (Å²) in [6, 6.07) is 1.46. The molecule has 2 aliphatic carbocycles. The molecular formula is C22H43IOSi. The quantitative estimate of drug-likeness (QED) is 0.126. The van der Waals surface area contributed by atoms with Crippen LogP contribution in [0.1, 0.15) is 103 Å². The minimum Gasteiger partial charge on any atom is -0.378 e. The van der Waals surface area contributed by atoms with Gasteiger partial charge in [-0.25, -0.2) is 0 Å². The molecule has 0 aromatic heterocycles. The molecule has 0 bridgehead atoms. The van der Waals surface area contributed by atoms with Crippen molar-refractivity contribution in [3.05, 3.63) is 0 Å². The molecule has 2 fully saturated rings. The van der Waals surface area contributed by atoms with E-state index in [9.17, 15) is 0 Å². The summed E-state index contributed by atoms with van der Waals surface area (Å²) in [7, 11) is 0.219. The average molecular weight is 479 g/mol. The van der Waals surface area contributed by atoms with Gasteiger partial charge in [-0.15, -0.1) is 21.8 Å². The number of halogens is 1. The van der Waals surface area contributed by atoms with Crippen molar-refractivity contribution in [2.75, 3.05) is 6.61 Å². The molecule has 0 atom stereocenters. The maximum atomic E-state index is 6.13. The van der Waals surface area contributed by atoms with E-state index in [0.29, 0.717) is 6.10 Å². The lowest BCUT2D eigenvalue weighted by molar-refractivity contribution is 0.00730. The fraction of sp³-hybridized carbons (Fsp3) is 1.00. The Morgan fingerprint density at radius 2 is 1.44 bits per heavy atom. The Balaban J connectivity index is 1.52. The van der Waals surface area contributed by atoms with Crippen LogP contribution in [0, 0.1) is 17.8 Å². The van der Waals surface area contributed by atoms with Crippen LogP contribution < -0.4 is 0 Å². The van der Waals surface area contributed by atoms with Gasteiger partial charge in [0.1, 0.15) is 0 Å². The first-order chi connectivity index (χ1) is 12.3. The third-order valence-corrected chi connectivity index (χ3v) is 9.93. The monoisotopic (exact) mass is 478 g/mol. The SMILES string of the molecule is CCCCCCC[C@H]1CC[C@H]([C@H]2CC[C@H](OCCC[SiH2]I)CC2)CC1. The first-order valence-corrected chi connectivity index (χ1v) is 17.6. The lowest BCUT2D eigenvalue weighted by atomic mass is 9.70. The Morgan fingerprint density at radius 1 is 0.800 bits per heavy atom. The zero-order valence-electron chi connectivity index (χ0n) is 16.8. The Hall–Kier alpha value is 0.907. The van der Waals surface area contributed by atoms with E-state index in [-0.39, 0.29) is 7.02 Å². The summed E-state index contributed by atoms with van der Waals surface area (Å²) in [6.45, 7) is 3.35. The Bertz CT molecular complexity index is 309. The third kappa shape index (κ3) is 9.10. The predicted octanol–water partition coefficient (Wildman–Crippen LogP) is 7.06. The lowest BCUT2D eigenvalue weighted by Gasteiger charge is -2.38.